The number of nitrogens with zero attached hydrogens (tertiary/aromatic N) is 1. The zero-order valence-electron chi connectivity index (χ0n) is 19.5. The largest absolute Gasteiger partial charge is 0.496 e. The van der Waals surface area contributed by atoms with E-state index in [2.05, 4.69) is 23.3 Å². The maximum absolute atomic E-state index is 13.3. The summed E-state index contributed by atoms with van der Waals surface area (Å²) in [6, 6.07) is 25.0. The molecule has 0 fully saturated rings. The fraction of sp³-hybridized carbons (Fsp3) is 0.214. The Balaban J connectivity index is 1.63. The standard InChI is InChI=1S/C28H29N3O3/c1-3-20-13-14-25-23(15-20)16-24(27(32)30-25)19-31(18-22-11-7-8-12-26(22)34-2)28(33)29-17-21-9-5-4-6-10-21/h4-16H,3,17-19H2,1-2H3,(H,29,33)(H,30,32). The number of rotatable bonds is 8. The lowest BCUT2D eigenvalue weighted by atomic mass is 10.1. The molecule has 4 aromatic rings. The van der Waals surface area contributed by atoms with Crippen molar-refractivity contribution in [3.05, 3.63) is 111 Å². The molecule has 2 N–H and O–H groups in total. The van der Waals surface area contributed by atoms with E-state index in [1.807, 2.05) is 72.8 Å². The summed E-state index contributed by atoms with van der Waals surface area (Å²) in [4.78, 5) is 30.7. The Bertz CT molecular complexity index is 1330. The summed E-state index contributed by atoms with van der Waals surface area (Å²) in [6.07, 6.45) is 0.909. The number of aromatic amines is 1. The van der Waals surface area contributed by atoms with Crippen molar-refractivity contribution in [3.8, 4) is 5.75 Å². The van der Waals surface area contributed by atoms with Crippen LogP contribution in [0.4, 0.5) is 4.79 Å². The lowest BCUT2D eigenvalue weighted by Crippen LogP contribution is -2.40. The number of benzene rings is 3. The number of fused-ring (bicyclic) bond motifs is 1. The number of pyridine rings is 1. The van der Waals surface area contributed by atoms with Gasteiger partial charge >= 0.3 is 6.03 Å². The molecule has 6 nitrogen and oxygen atoms in total. The number of nitrogens with one attached hydrogen (secondary N) is 2. The van der Waals surface area contributed by atoms with Crippen molar-refractivity contribution in [1.29, 1.82) is 0 Å². The van der Waals surface area contributed by atoms with Gasteiger partial charge in [-0.3, -0.25) is 4.79 Å². The Hall–Kier alpha value is -4.06. The number of carbonyl (C=O) groups excluding carboxylic acids is 1. The summed E-state index contributed by atoms with van der Waals surface area (Å²) in [5.74, 6) is 0.698. The van der Waals surface area contributed by atoms with Crippen LogP contribution in [-0.4, -0.2) is 23.0 Å². The van der Waals surface area contributed by atoms with Gasteiger partial charge < -0.3 is 19.9 Å². The Morgan fingerprint density at radius 2 is 1.65 bits per heavy atom. The second-order valence-electron chi connectivity index (χ2n) is 8.21. The highest BCUT2D eigenvalue weighted by molar-refractivity contribution is 5.80. The molecule has 2 amide bonds. The Morgan fingerprint density at radius 1 is 0.912 bits per heavy atom. The van der Waals surface area contributed by atoms with Gasteiger partial charge in [0, 0.05) is 23.2 Å². The van der Waals surface area contributed by atoms with Crippen molar-refractivity contribution in [3.63, 3.8) is 0 Å². The van der Waals surface area contributed by atoms with Crippen LogP contribution in [0.15, 0.2) is 83.7 Å². The first kappa shape index (κ1) is 23.1. The number of hydrogen-bond acceptors (Lipinski definition) is 3. The number of aromatic nitrogens is 1. The smallest absolute Gasteiger partial charge is 0.318 e. The van der Waals surface area contributed by atoms with E-state index in [9.17, 15) is 9.59 Å². The summed E-state index contributed by atoms with van der Waals surface area (Å²) < 4.78 is 5.49. The number of para-hydroxylation sites is 1. The zero-order valence-corrected chi connectivity index (χ0v) is 19.5. The molecule has 0 saturated heterocycles. The van der Waals surface area contributed by atoms with E-state index >= 15 is 0 Å². The molecule has 3 aromatic carbocycles. The van der Waals surface area contributed by atoms with Gasteiger partial charge in [-0.05, 0) is 47.2 Å². The van der Waals surface area contributed by atoms with Crippen LogP contribution in [-0.2, 0) is 26.1 Å². The van der Waals surface area contributed by atoms with Crippen molar-refractivity contribution in [2.45, 2.75) is 33.0 Å². The van der Waals surface area contributed by atoms with Gasteiger partial charge in [0.15, 0.2) is 0 Å². The van der Waals surface area contributed by atoms with Crippen molar-refractivity contribution >= 4 is 16.9 Å². The third kappa shape index (κ3) is 5.46. The molecular formula is C28H29N3O3. The van der Waals surface area contributed by atoms with Crippen LogP contribution >= 0.6 is 0 Å². The summed E-state index contributed by atoms with van der Waals surface area (Å²) in [7, 11) is 1.61. The first-order valence-corrected chi connectivity index (χ1v) is 11.4. The monoisotopic (exact) mass is 455 g/mol. The van der Waals surface area contributed by atoms with Crippen LogP contribution in [0.5, 0.6) is 5.75 Å². The predicted octanol–water partition coefficient (Wildman–Crippen LogP) is 5.01. The topological polar surface area (TPSA) is 74.4 Å². The zero-order chi connectivity index (χ0) is 23.9. The van der Waals surface area contributed by atoms with Crippen LogP contribution in [0.1, 0.15) is 29.2 Å². The van der Waals surface area contributed by atoms with Gasteiger partial charge in [-0.2, -0.15) is 0 Å². The maximum atomic E-state index is 13.3. The highest BCUT2D eigenvalue weighted by Gasteiger charge is 2.18. The number of methoxy groups -OCH3 is 1. The quantitative estimate of drug-likeness (QED) is 0.392. The predicted molar refractivity (Wildman–Crippen MR) is 135 cm³/mol. The van der Waals surface area contributed by atoms with Gasteiger partial charge in [-0.15, -0.1) is 0 Å². The molecule has 6 heteroatoms. The number of amides is 2. The van der Waals surface area contributed by atoms with Gasteiger partial charge in [0.1, 0.15) is 5.75 Å². The summed E-state index contributed by atoms with van der Waals surface area (Å²) in [5.41, 5.74) is 4.19. The molecule has 4 rings (SSSR count). The molecule has 0 bridgehead atoms. The molecule has 0 aliphatic rings. The molecule has 0 radical (unpaired) electrons. The van der Waals surface area contributed by atoms with E-state index < -0.39 is 0 Å². The van der Waals surface area contributed by atoms with Crippen LogP contribution in [0.2, 0.25) is 0 Å². The van der Waals surface area contributed by atoms with Crippen LogP contribution in [0, 0.1) is 0 Å². The lowest BCUT2D eigenvalue weighted by Gasteiger charge is -2.24. The highest BCUT2D eigenvalue weighted by atomic mass is 16.5. The van der Waals surface area contributed by atoms with Gasteiger partial charge in [-0.25, -0.2) is 4.79 Å². The number of aryl methyl sites for hydroxylation is 1. The van der Waals surface area contributed by atoms with E-state index in [0.29, 0.717) is 24.4 Å². The molecule has 0 aliphatic carbocycles. The molecule has 0 unspecified atom stereocenters. The van der Waals surface area contributed by atoms with Crippen molar-refractivity contribution in [1.82, 2.24) is 15.2 Å². The van der Waals surface area contributed by atoms with Gasteiger partial charge in [-0.1, -0.05) is 61.5 Å². The molecule has 1 heterocycles. The molecule has 174 valence electrons. The SMILES string of the molecule is CCc1ccc2[nH]c(=O)c(CN(Cc3ccccc3OC)C(=O)NCc3ccccc3)cc2c1. The Kier molecular flexibility index (Phi) is 7.28. The Morgan fingerprint density at radius 3 is 2.41 bits per heavy atom. The second kappa shape index (κ2) is 10.7. The molecular weight excluding hydrogens is 426 g/mol. The first-order chi connectivity index (χ1) is 16.6. The normalized spacial score (nSPS) is 10.8. The summed E-state index contributed by atoms with van der Waals surface area (Å²) in [6.45, 7) is 2.97. The minimum Gasteiger partial charge on any atom is -0.496 e. The number of hydrogen-bond donors (Lipinski definition) is 2. The number of urea groups is 1. The molecule has 34 heavy (non-hydrogen) atoms. The molecule has 0 spiro atoms. The Labute approximate surface area is 199 Å². The van der Waals surface area contributed by atoms with Gasteiger partial charge in [0.05, 0.1) is 20.2 Å². The first-order valence-electron chi connectivity index (χ1n) is 11.4. The van der Waals surface area contributed by atoms with Crippen LogP contribution in [0.3, 0.4) is 0 Å². The van der Waals surface area contributed by atoms with E-state index in [1.165, 1.54) is 5.56 Å². The van der Waals surface area contributed by atoms with Crippen molar-refractivity contribution in [2.75, 3.05) is 7.11 Å². The molecule has 0 atom stereocenters. The third-order valence-electron chi connectivity index (χ3n) is 5.88. The number of carbonyl (C=O) groups is 1. The molecule has 1 aromatic heterocycles. The fourth-order valence-corrected chi connectivity index (χ4v) is 3.97. The molecule has 0 saturated carbocycles. The second-order valence-corrected chi connectivity index (χ2v) is 8.21. The highest BCUT2D eigenvalue weighted by Crippen LogP contribution is 2.21. The molecule has 0 aliphatic heterocycles. The summed E-state index contributed by atoms with van der Waals surface area (Å²) in [5, 5.41) is 3.94. The fourth-order valence-electron chi connectivity index (χ4n) is 3.97. The van der Waals surface area contributed by atoms with Crippen molar-refractivity contribution < 1.29 is 9.53 Å². The minimum atomic E-state index is -0.253. The van der Waals surface area contributed by atoms with Crippen molar-refractivity contribution in [2.24, 2.45) is 0 Å². The van der Waals surface area contributed by atoms with Crippen LogP contribution in [0.25, 0.3) is 10.9 Å². The van der Waals surface area contributed by atoms with E-state index in [0.717, 1.165) is 28.5 Å². The van der Waals surface area contributed by atoms with E-state index in [-0.39, 0.29) is 18.1 Å². The van der Waals surface area contributed by atoms with E-state index in [1.54, 1.807) is 12.0 Å². The van der Waals surface area contributed by atoms with E-state index in [4.69, 9.17) is 4.74 Å². The average molecular weight is 456 g/mol. The minimum absolute atomic E-state index is 0.167. The maximum Gasteiger partial charge on any atom is 0.318 e. The average Bonchev–Trinajstić information content (AvgIpc) is 2.87. The number of H-pyrrole nitrogens is 1. The number of ether oxygens (including phenoxy) is 1. The lowest BCUT2D eigenvalue weighted by molar-refractivity contribution is 0.191. The third-order valence-corrected chi connectivity index (χ3v) is 5.88. The van der Waals surface area contributed by atoms with Gasteiger partial charge in [0.25, 0.3) is 5.56 Å². The van der Waals surface area contributed by atoms with Gasteiger partial charge in [0.2, 0.25) is 0 Å². The summed E-state index contributed by atoms with van der Waals surface area (Å²) >= 11 is 0. The van der Waals surface area contributed by atoms with Crippen LogP contribution < -0.4 is 15.6 Å².